The zero-order valence-corrected chi connectivity index (χ0v) is 15.0. The van der Waals surface area contributed by atoms with Gasteiger partial charge < -0.3 is 5.11 Å². The molecular weight excluding hydrogens is 332 g/mol. The van der Waals surface area contributed by atoms with Crippen LogP contribution >= 0.6 is 0 Å². The van der Waals surface area contributed by atoms with Crippen molar-refractivity contribution in [3.05, 3.63) is 121 Å². The first kappa shape index (κ1) is 19.7. The molecule has 0 saturated heterocycles. The summed E-state index contributed by atoms with van der Waals surface area (Å²) in [6.07, 6.45) is 0. The van der Waals surface area contributed by atoms with E-state index in [4.69, 9.17) is 9.90 Å². The van der Waals surface area contributed by atoms with Gasteiger partial charge in [0.25, 0.3) is 6.47 Å². The molecule has 0 fully saturated rings. The highest BCUT2D eigenvalue weighted by atomic mass is 16.3. The van der Waals surface area contributed by atoms with Crippen LogP contribution in [0.3, 0.4) is 0 Å². The largest absolute Gasteiger partial charge is 0.483 e. The maximum Gasteiger partial charge on any atom is 0.290 e. The minimum Gasteiger partial charge on any atom is -0.483 e. The number of hydrogen-bond donors (Lipinski definition) is 1. The van der Waals surface area contributed by atoms with Crippen LogP contribution in [0.2, 0.25) is 0 Å². The highest BCUT2D eigenvalue weighted by molar-refractivity contribution is 5.83. The van der Waals surface area contributed by atoms with Gasteiger partial charge in [0.05, 0.1) is 0 Å². The minimum absolute atomic E-state index is 0.250. The first-order valence-electron chi connectivity index (χ1n) is 8.64. The van der Waals surface area contributed by atoms with Gasteiger partial charge in [0.15, 0.2) is 0 Å². The summed E-state index contributed by atoms with van der Waals surface area (Å²) in [7, 11) is 0. The van der Waals surface area contributed by atoms with Crippen molar-refractivity contribution in [3.63, 3.8) is 0 Å². The van der Waals surface area contributed by atoms with E-state index in [0.717, 1.165) is 0 Å². The second kappa shape index (κ2) is 11.8. The molecule has 0 aromatic heterocycles. The van der Waals surface area contributed by atoms with Crippen LogP contribution in [-0.2, 0) is 4.79 Å². The van der Waals surface area contributed by atoms with Gasteiger partial charge >= 0.3 is 0 Å². The number of carboxylic acid groups (broad SMARTS) is 1. The second-order valence-corrected chi connectivity index (χ2v) is 5.54. The maximum absolute atomic E-state index is 8.36. The van der Waals surface area contributed by atoms with Crippen molar-refractivity contribution in [3.8, 4) is 22.3 Å². The molecule has 0 unspecified atom stereocenters. The van der Waals surface area contributed by atoms with Crippen molar-refractivity contribution in [1.82, 2.24) is 0 Å². The van der Waals surface area contributed by atoms with Gasteiger partial charge in [-0.3, -0.25) is 4.79 Å². The zero-order chi connectivity index (χ0) is 19.2. The molecule has 4 aromatic rings. The van der Waals surface area contributed by atoms with Crippen LogP contribution in [0.4, 0.5) is 0 Å². The molecule has 0 aliphatic carbocycles. The van der Waals surface area contributed by atoms with Crippen molar-refractivity contribution < 1.29 is 9.90 Å². The Morgan fingerprint density at radius 1 is 0.444 bits per heavy atom. The third-order valence-corrected chi connectivity index (χ3v) is 3.76. The Bertz CT molecular complexity index is 804. The van der Waals surface area contributed by atoms with Crippen LogP contribution < -0.4 is 0 Å². The summed E-state index contributed by atoms with van der Waals surface area (Å²) in [5.41, 5.74) is 5.09. The van der Waals surface area contributed by atoms with E-state index in [1.807, 2.05) is 36.4 Å². The predicted octanol–water partition coefficient (Wildman–Crippen LogP) is 6.41. The smallest absolute Gasteiger partial charge is 0.290 e. The van der Waals surface area contributed by atoms with E-state index < -0.39 is 0 Å². The first-order valence-corrected chi connectivity index (χ1v) is 8.64. The number of benzene rings is 4. The molecule has 0 spiro atoms. The fraction of sp³-hybridized carbons (Fsp3) is 0. The first-order chi connectivity index (χ1) is 13.4. The van der Waals surface area contributed by atoms with Gasteiger partial charge in [-0.2, -0.15) is 0 Å². The van der Waals surface area contributed by atoms with E-state index >= 15 is 0 Å². The summed E-state index contributed by atoms with van der Waals surface area (Å²) in [6.45, 7) is -0.250. The molecule has 1 N–H and O–H groups in total. The van der Waals surface area contributed by atoms with Crippen LogP contribution in [0.25, 0.3) is 22.3 Å². The van der Waals surface area contributed by atoms with Crippen LogP contribution in [0.1, 0.15) is 0 Å². The Labute approximate surface area is 160 Å². The molecule has 4 aromatic carbocycles. The summed E-state index contributed by atoms with van der Waals surface area (Å²) in [6, 6.07) is 41.6. The van der Waals surface area contributed by atoms with Crippen LogP contribution in [0.15, 0.2) is 121 Å². The molecule has 0 aliphatic rings. The molecule has 0 radical (unpaired) electrons. The zero-order valence-electron chi connectivity index (χ0n) is 15.0. The van der Waals surface area contributed by atoms with E-state index in [9.17, 15) is 0 Å². The fourth-order valence-corrected chi connectivity index (χ4v) is 2.61. The lowest BCUT2D eigenvalue weighted by molar-refractivity contribution is -0.122. The highest BCUT2D eigenvalue weighted by Gasteiger charge is 2.05. The topological polar surface area (TPSA) is 37.3 Å². The number of rotatable bonds is 2. The van der Waals surface area contributed by atoms with Crippen molar-refractivity contribution in [2.24, 2.45) is 0 Å². The molecule has 4 rings (SSSR count). The van der Waals surface area contributed by atoms with Crippen LogP contribution in [0, 0.1) is 0 Å². The molecule has 0 atom stereocenters. The van der Waals surface area contributed by atoms with E-state index in [0.29, 0.717) is 0 Å². The van der Waals surface area contributed by atoms with Gasteiger partial charge in [-0.1, -0.05) is 121 Å². The molecular formula is C25H22O2. The predicted molar refractivity (Wildman–Crippen MR) is 112 cm³/mol. The van der Waals surface area contributed by atoms with Crippen LogP contribution in [-0.4, -0.2) is 11.6 Å². The normalized spacial score (nSPS) is 9.04. The van der Waals surface area contributed by atoms with Gasteiger partial charge in [0.1, 0.15) is 0 Å². The summed E-state index contributed by atoms with van der Waals surface area (Å²) in [4.78, 5) is 8.36. The Kier molecular flexibility index (Phi) is 8.62. The average molecular weight is 354 g/mol. The van der Waals surface area contributed by atoms with Crippen molar-refractivity contribution in [2.45, 2.75) is 0 Å². The SMILES string of the molecule is O=CO.c1ccc(-c2ccccc2-c2ccccc2)cc1.c1ccccc1. The highest BCUT2D eigenvalue weighted by Crippen LogP contribution is 2.31. The molecule has 27 heavy (non-hydrogen) atoms. The average Bonchev–Trinajstić information content (AvgIpc) is 2.77. The monoisotopic (exact) mass is 354 g/mol. The quantitative estimate of drug-likeness (QED) is 0.422. The standard InChI is InChI=1S/C18H14.C6H6.CH2O2/c1-3-9-15(10-4-1)17-13-7-8-14-18(17)16-11-5-2-6-12-16;1-2-4-6-5-3-1;2-1-3/h1-14H;1-6H;1H,(H,2,3). The summed E-state index contributed by atoms with van der Waals surface area (Å²) in [5.74, 6) is 0. The lowest BCUT2D eigenvalue weighted by Gasteiger charge is -2.09. The van der Waals surface area contributed by atoms with Crippen molar-refractivity contribution >= 4 is 6.47 Å². The lowest BCUT2D eigenvalue weighted by Crippen LogP contribution is -1.83. The minimum atomic E-state index is -0.250. The molecule has 0 amide bonds. The molecule has 0 aliphatic heterocycles. The third kappa shape index (κ3) is 6.63. The number of carbonyl (C=O) groups is 1. The van der Waals surface area contributed by atoms with E-state index in [1.165, 1.54) is 22.3 Å². The molecule has 2 heteroatoms. The van der Waals surface area contributed by atoms with Gasteiger partial charge in [0, 0.05) is 0 Å². The van der Waals surface area contributed by atoms with Crippen molar-refractivity contribution in [2.75, 3.05) is 0 Å². The van der Waals surface area contributed by atoms with E-state index in [1.54, 1.807) is 0 Å². The second-order valence-electron chi connectivity index (χ2n) is 5.54. The Morgan fingerprint density at radius 2 is 0.667 bits per heavy atom. The third-order valence-electron chi connectivity index (χ3n) is 3.76. The molecule has 134 valence electrons. The maximum atomic E-state index is 8.36. The Balaban J connectivity index is 0.000000242. The van der Waals surface area contributed by atoms with Crippen molar-refractivity contribution in [1.29, 1.82) is 0 Å². The summed E-state index contributed by atoms with van der Waals surface area (Å²) < 4.78 is 0. The number of hydrogen-bond acceptors (Lipinski definition) is 1. The van der Waals surface area contributed by atoms with Crippen LogP contribution in [0.5, 0.6) is 0 Å². The van der Waals surface area contributed by atoms with E-state index in [2.05, 4.69) is 84.9 Å². The Hall–Kier alpha value is -3.65. The summed E-state index contributed by atoms with van der Waals surface area (Å²) in [5, 5.41) is 6.89. The fourth-order valence-electron chi connectivity index (χ4n) is 2.61. The molecule has 0 heterocycles. The van der Waals surface area contributed by atoms with Gasteiger partial charge in [-0.15, -0.1) is 0 Å². The molecule has 0 bridgehead atoms. The lowest BCUT2D eigenvalue weighted by atomic mass is 9.95. The van der Waals surface area contributed by atoms with Gasteiger partial charge in [0.2, 0.25) is 0 Å². The Morgan fingerprint density at radius 3 is 0.963 bits per heavy atom. The summed E-state index contributed by atoms with van der Waals surface area (Å²) >= 11 is 0. The molecule has 2 nitrogen and oxygen atoms in total. The van der Waals surface area contributed by atoms with Gasteiger partial charge in [-0.25, -0.2) is 0 Å². The molecule has 0 saturated carbocycles. The van der Waals surface area contributed by atoms with Gasteiger partial charge in [-0.05, 0) is 22.3 Å². The van der Waals surface area contributed by atoms with E-state index in [-0.39, 0.29) is 6.47 Å².